The molecular formula is C11H13N5O3S. The number of methoxy groups -OCH3 is 1. The lowest BCUT2D eigenvalue weighted by atomic mass is 10.3. The quantitative estimate of drug-likeness (QED) is 0.761. The minimum atomic E-state index is -3.60. The Morgan fingerprint density at radius 3 is 2.90 bits per heavy atom. The molecule has 0 aliphatic heterocycles. The van der Waals surface area contributed by atoms with Gasteiger partial charge in [-0.05, 0) is 22.6 Å². The summed E-state index contributed by atoms with van der Waals surface area (Å²) in [6, 6.07) is 4.42. The van der Waals surface area contributed by atoms with Crippen LogP contribution in [0, 0.1) is 0 Å². The Morgan fingerprint density at radius 1 is 1.50 bits per heavy atom. The predicted octanol–water partition coefficient (Wildman–Crippen LogP) is 0.135. The fraction of sp³-hybridized carbons (Fsp3) is 0.182. The molecule has 1 heterocycles. The molecule has 1 aromatic heterocycles. The zero-order valence-electron chi connectivity index (χ0n) is 10.7. The monoisotopic (exact) mass is 295 g/mol. The largest absolute Gasteiger partial charge is 0.494 e. The normalized spacial score (nSPS) is 11.2. The van der Waals surface area contributed by atoms with Crippen molar-refractivity contribution in [2.75, 3.05) is 13.7 Å². The van der Waals surface area contributed by atoms with Crippen molar-refractivity contribution >= 4 is 10.0 Å². The van der Waals surface area contributed by atoms with Gasteiger partial charge >= 0.3 is 0 Å². The molecule has 0 saturated carbocycles. The highest BCUT2D eigenvalue weighted by Gasteiger charge is 2.16. The van der Waals surface area contributed by atoms with Gasteiger partial charge < -0.3 is 4.74 Å². The Labute approximate surface area is 116 Å². The van der Waals surface area contributed by atoms with Gasteiger partial charge in [-0.2, -0.15) is 4.68 Å². The third-order valence-electron chi connectivity index (χ3n) is 2.48. The van der Waals surface area contributed by atoms with E-state index in [9.17, 15) is 8.42 Å². The molecule has 106 valence electrons. The third-order valence-corrected chi connectivity index (χ3v) is 3.90. The Balaban J connectivity index is 2.42. The zero-order valence-corrected chi connectivity index (χ0v) is 11.5. The third kappa shape index (κ3) is 2.83. The number of tetrazole rings is 1. The van der Waals surface area contributed by atoms with Crippen molar-refractivity contribution in [2.24, 2.45) is 0 Å². The van der Waals surface area contributed by atoms with Crippen LogP contribution >= 0.6 is 0 Å². The molecule has 0 atom stereocenters. The summed E-state index contributed by atoms with van der Waals surface area (Å²) in [5.74, 6) is 0.346. The van der Waals surface area contributed by atoms with Crippen molar-refractivity contribution < 1.29 is 13.2 Å². The minimum absolute atomic E-state index is 0.0908. The molecule has 9 heteroatoms. The number of hydrogen-bond acceptors (Lipinski definition) is 6. The van der Waals surface area contributed by atoms with Crippen LogP contribution in [0.2, 0.25) is 0 Å². The van der Waals surface area contributed by atoms with Crippen molar-refractivity contribution in [3.05, 3.63) is 37.2 Å². The first-order valence-electron chi connectivity index (χ1n) is 5.60. The summed E-state index contributed by atoms with van der Waals surface area (Å²) in [4.78, 5) is 0.0908. The predicted molar refractivity (Wildman–Crippen MR) is 71.1 cm³/mol. The van der Waals surface area contributed by atoms with E-state index < -0.39 is 10.0 Å². The molecule has 8 nitrogen and oxygen atoms in total. The lowest BCUT2D eigenvalue weighted by Gasteiger charge is -2.10. The summed E-state index contributed by atoms with van der Waals surface area (Å²) in [7, 11) is -2.16. The standard InChI is InChI=1S/C11H13N5O3S/c1-3-6-13-20(17,18)9-4-5-10(11(7-9)19-2)16-8-12-14-15-16/h3-5,7-8,13H,1,6H2,2H3. The van der Waals surface area contributed by atoms with Crippen LogP contribution in [0.25, 0.3) is 5.69 Å². The van der Waals surface area contributed by atoms with Crippen LogP contribution < -0.4 is 9.46 Å². The number of benzene rings is 1. The molecule has 0 bridgehead atoms. The van der Waals surface area contributed by atoms with E-state index in [0.29, 0.717) is 11.4 Å². The van der Waals surface area contributed by atoms with Gasteiger partial charge in [-0.25, -0.2) is 13.1 Å². The Bertz CT molecular complexity index is 697. The molecule has 0 aliphatic carbocycles. The lowest BCUT2D eigenvalue weighted by molar-refractivity contribution is 0.410. The number of ether oxygens (including phenoxy) is 1. The van der Waals surface area contributed by atoms with E-state index in [1.807, 2.05) is 0 Å². The zero-order chi connectivity index (χ0) is 14.6. The molecular weight excluding hydrogens is 282 g/mol. The fourth-order valence-corrected chi connectivity index (χ4v) is 2.55. The Morgan fingerprint density at radius 2 is 2.30 bits per heavy atom. The van der Waals surface area contributed by atoms with E-state index in [1.54, 1.807) is 6.07 Å². The fourth-order valence-electron chi connectivity index (χ4n) is 1.54. The molecule has 2 aromatic rings. The maximum atomic E-state index is 12.0. The molecule has 0 unspecified atom stereocenters. The summed E-state index contributed by atoms with van der Waals surface area (Å²) in [5, 5.41) is 10.8. The first kappa shape index (κ1) is 14.2. The molecule has 1 aromatic carbocycles. The molecule has 20 heavy (non-hydrogen) atoms. The van der Waals surface area contributed by atoms with E-state index in [0.717, 1.165) is 0 Å². The molecule has 0 spiro atoms. The van der Waals surface area contributed by atoms with Crippen molar-refractivity contribution in [3.8, 4) is 11.4 Å². The minimum Gasteiger partial charge on any atom is -0.494 e. The van der Waals surface area contributed by atoms with Gasteiger partial charge in [0.05, 0.1) is 12.0 Å². The lowest BCUT2D eigenvalue weighted by Crippen LogP contribution is -2.23. The smallest absolute Gasteiger partial charge is 0.240 e. The van der Waals surface area contributed by atoms with E-state index in [2.05, 4.69) is 26.8 Å². The van der Waals surface area contributed by atoms with E-state index >= 15 is 0 Å². The van der Waals surface area contributed by atoms with Crippen molar-refractivity contribution in [3.63, 3.8) is 0 Å². The molecule has 0 aliphatic rings. The second kappa shape index (κ2) is 5.80. The summed E-state index contributed by atoms with van der Waals surface area (Å²) >= 11 is 0. The van der Waals surface area contributed by atoms with Gasteiger partial charge in [0.15, 0.2) is 0 Å². The number of hydrogen-bond donors (Lipinski definition) is 1. The highest BCUT2D eigenvalue weighted by molar-refractivity contribution is 7.89. The highest BCUT2D eigenvalue weighted by Crippen LogP contribution is 2.25. The second-order valence-electron chi connectivity index (χ2n) is 3.73. The number of sulfonamides is 1. The first-order valence-corrected chi connectivity index (χ1v) is 7.09. The number of aromatic nitrogens is 4. The average molecular weight is 295 g/mol. The van der Waals surface area contributed by atoms with Gasteiger partial charge in [0, 0.05) is 12.6 Å². The molecule has 1 N–H and O–H groups in total. The second-order valence-corrected chi connectivity index (χ2v) is 5.50. The van der Waals surface area contributed by atoms with E-state index in [1.165, 1.54) is 36.3 Å². The van der Waals surface area contributed by atoms with Crippen LogP contribution in [-0.2, 0) is 10.0 Å². The summed E-state index contributed by atoms with van der Waals surface area (Å²) < 4.78 is 32.9. The van der Waals surface area contributed by atoms with Gasteiger partial charge in [0.2, 0.25) is 10.0 Å². The van der Waals surface area contributed by atoms with Crippen LogP contribution in [-0.4, -0.2) is 42.3 Å². The van der Waals surface area contributed by atoms with E-state index in [4.69, 9.17) is 4.74 Å². The van der Waals surface area contributed by atoms with Crippen molar-refractivity contribution in [1.29, 1.82) is 0 Å². The molecule has 0 saturated heterocycles. The topological polar surface area (TPSA) is 99.0 Å². The van der Waals surface area contributed by atoms with Crippen molar-refractivity contribution in [1.82, 2.24) is 24.9 Å². The van der Waals surface area contributed by atoms with Gasteiger partial charge in [-0.3, -0.25) is 0 Å². The molecule has 0 amide bonds. The van der Waals surface area contributed by atoms with Crippen LogP contribution in [0.3, 0.4) is 0 Å². The number of nitrogens with zero attached hydrogens (tertiary/aromatic N) is 4. The highest BCUT2D eigenvalue weighted by atomic mass is 32.2. The Hall–Kier alpha value is -2.26. The summed E-state index contributed by atoms with van der Waals surface area (Å²) in [6.45, 7) is 3.61. The maximum absolute atomic E-state index is 12.0. The van der Waals surface area contributed by atoms with Crippen LogP contribution in [0.1, 0.15) is 0 Å². The Kier molecular flexibility index (Phi) is 4.11. The van der Waals surface area contributed by atoms with Gasteiger partial charge in [-0.15, -0.1) is 11.7 Å². The van der Waals surface area contributed by atoms with Crippen molar-refractivity contribution in [2.45, 2.75) is 4.90 Å². The summed E-state index contributed by atoms with van der Waals surface area (Å²) in [5.41, 5.74) is 0.542. The number of rotatable bonds is 6. The van der Waals surface area contributed by atoms with E-state index in [-0.39, 0.29) is 11.4 Å². The van der Waals surface area contributed by atoms with Crippen LogP contribution in [0.4, 0.5) is 0 Å². The molecule has 0 fully saturated rings. The molecule has 2 rings (SSSR count). The van der Waals surface area contributed by atoms with Crippen LogP contribution in [0.15, 0.2) is 42.1 Å². The number of nitrogens with one attached hydrogen (secondary N) is 1. The maximum Gasteiger partial charge on any atom is 0.240 e. The first-order chi connectivity index (χ1) is 9.58. The van der Waals surface area contributed by atoms with Gasteiger partial charge in [0.1, 0.15) is 17.8 Å². The molecule has 0 radical (unpaired) electrons. The summed E-state index contributed by atoms with van der Waals surface area (Å²) in [6.07, 6.45) is 2.85. The SMILES string of the molecule is C=CCNS(=O)(=O)c1ccc(-n2cnnn2)c(OC)c1. The average Bonchev–Trinajstić information content (AvgIpc) is 2.98. The van der Waals surface area contributed by atoms with Gasteiger partial charge in [-0.1, -0.05) is 6.08 Å². The van der Waals surface area contributed by atoms with Gasteiger partial charge in [0.25, 0.3) is 0 Å². The van der Waals surface area contributed by atoms with Crippen LogP contribution in [0.5, 0.6) is 5.75 Å².